The number of benzene rings is 1. The maximum Gasteiger partial charge on any atom is 0.180 e. The molecule has 12 heavy (non-hydrogen) atoms. The molecule has 0 saturated heterocycles. The van der Waals surface area contributed by atoms with E-state index in [1.807, 2.05) is 0 Å². The van der Waals surface area contributed by atoms with Crippen LogP contribution in [0.25, 0.3) is 0 Å². The molecule has 1 aromatic carbocycles. The topological polar surface area (TPSA) is 63.3 Å². The third kappa shape index (κ3) is 1.46. The summed E-state index contributed by atoms with van der Waals surface area (Å²) in [5.74, 6) is -0.204. The number of Topliss-reactive ketones (excluding diaryl/α,β-unsaturated/α-hetero) is 1. The van der Waals surface area contributed by atoms with Crippen molar-refractivity contribution in [3.63, 3.8) is 0 Å². The number of aryl methyl sites for hydroxylation is 1. The smallest absolute Gasteiger partial charge is 0.180 e. The summed E-state index contributed by atoms with van der Waals surface area (Å²) in [5, 5.41) is 9.42. The minimum atomic E-state index is -0.240. The van der Waals surface area contributed by atoms with Gasteiger partial charge in [0.2, 0.25) is 0 Å². The largest absolute Gasteiger partial charge is 0.507 e. The predicted octanol–water partition coefficient (Wildman–Crippen LogP) is 0.842. The van der Waals surface area contributed by atoms with Crippen LogP contribution in [0.2, 0.25) is 0 Å². The molecule has 64 valence electrons. The van der Waals surface area contributed by atoms with Crippen LogP contribution >= 0.6 is 0 Å². The van der Waals surface area contributed by atoms with Crippen molar-refractivity contribution in [2.24, 2.45) is 5.73 Å². The van der Waals surface area contributed by atoms with Crippen LogP contribution in [0.1, 0.15) is 15.9 Å². The molecule has 0 radical (unpaired) electrons. The third-order valence-electron chi connectivity index (χ3n) is 1.72. The SMILES string of the molecule is Cc1cccc(C(=O)CN)c1O. The molecule has 0 fully saturated rings. The highest BCUT2D eigenvalue weighted by Crippen LogP contribution is 2.21. The number of nitrogens with two attached hydrogens (primary N) is 1. The Labute approximate surface area is 70.8 Å². The van der Waals surface area contributed by atoms with E-state index in [1.54, 1.807) is 25.1 Å². The maximum absolute atomic E-state index is 11.1. The van der Waals surface area contributed by atoms with Crippen molar-refractivity contribution >= 4 is 5.78 Å². The zero-order valence-corrected chi connectivity index (χ0v) is 6.87. The highest BCUT2D eigenvalue weighted by atomic mass is 16.3. The number of carbonyl (C=O) groups is 1. The van der Waals surface area contributed by atoms with Crippen LogP contribution in [0, 0.1) is 6.92 Å². The highest BCUT2D eigenvalue weighted by molar-refractivity contribution is 6.00. The Bertz CT molecular complexity index is 307. The fraction of sp³-hybridized carbons (Fsp3) is 0.222. The summed E-state index contributed by atoms with van der Waals surface area (Å²) in [4.78, 5) is 11.1. The fourth-order valence-corrected chi connectivity index (χ4v) is 0.994. The Morgan fingerprint density at radius 1 is 1.58 bits per heavy atom. The Morgan fingerprint density at radius 3 is 2.83 bits per heavy atom. The summed E-state index contributed by atoms with van der Waals surface area (Å²) < 4.78 is 0. The maximum atomic E-state index is 11.1. The molecule has 1 aromatic rings. The molecule has 0 unspecified atom stereocenters. The molecule has 0 aliphatic carbocycles. The molecule has 0 atom stereocenters. The van der Waals surface area contributed by atoms with Gasteiger partial charge in [-0.2, -0.15) is 0 Å². The number of aromatic hydroxyl groups is 1. The summed E-state index contributed by atoms with van der Waals surface area (Å²) in [6.45, 7) is 1.67. The van der Waals surface area contributed by atoms with Gasteiger partial charge in [0.25, 0.3) is 0 Å². The third-order valence-corrected chi connectivity index (χ3v) is 1.72. The average molecular weight is 165 g/mol. The molecule has 3 nitrogen and oxygen atoms in total. The number of phenols is 1. The molecule has 3 heteroatoms. The molecular weight excluding hydrogens is 154 g/mol. The monoisotopic (exact) mass is 165 g/mol. The first kappa shape index (κ1) is 8.74. The Hall–Kier alpha value is -1.35. The molecule has 0 bridgehead atoms. The van der Waals surface area contributed by atoms with Gasteiger partial charge in [-0.1, -0.05) is 12.1 Å². The zero-order chi connectivity index (χ0) is 9.14. The van der Waals surface area contributed by atoms with Crippen LogP contribution in [0.5, 0.6) is 5.75 Å². The van der Waals surface area contributed by atoms with Crippen LogP contribution in [0.3, 0.4) is 0 Å². The van der Waals surface area contributed by atoms with E-state index in [-0.39, 0.29) is 18.1 Å². The summed E-state index contributed by atoms with van der Waals surface area (Å²) in [7, 11) is 0. The van der Waals surface area contributed by atoms with Crippen molar-refractivity contribution in [2.45, 2.75) is 6.92 Å². The highest BCUT2D eigenvalue weighted by Gasteiger charge is 2.09. The van der Waals surface area contributed by atoms with Gasteiger partial charge in [-0.25, -0.2) is 0 Å². The van der Waals surface area contributed by atoms with Crippen LogP contribution < -0.4 is 5.73 Å². The molecule has 3 N–H and O–H groups in total. The Balaban J connectivity index is 3.16. The van der Waals surface area contributed by atoms with Gasteiger partial charge in [0.1, 0.15) is 5.75 Å². The van der Waals surface area contributed by atoms with E-state index in [2.05, 4.69) is 0 Å². The van der Waals surface area contributed by atoms with Crippen molar-refractivity contribution in [2.75, 3.05) is 6.54 Å². The quantitative estimate of drug-likeness (QED) is 0.638. The summed E-state index contributed by atoms with van der Waals surface area (Å²) in [6.07, 6.45) is 0. The molecule has 0 aliphatic rings. The molecule has 0 amide bonds. The van der Waals surface area contributed by atoms with Gasteiger partial charge in [0, 0.05) is 0 Å². The molecular formula is C9H11NO2. The molecule has 0 aliphatic heterocycles. The van der Waals surface area contributed by atoms with E-state index < -0.39 is 0 Å². The molecule has 1 rings (SSSR count). The normalized spacial score (nSPS) is 9.83. The number of ketones is 1. The van der Waals surface area contributed by atoms with Crippen molar-refractivity contribution in [1.82, 2.24) is 0 Å². The Kier molecular flexibility index (Phi) is 2.45. The second kappa shape index (κ2) is 3.36. The van der Waals surface area contributed by atoms with Crippen LogP contribution in [-0.4, -0.2) is 17.4 Å². The molecule has 0 heterocycles. The zero-order valence-electron chi connectivity index (χ0n) is 6.87. The average Bonchev–Trinajstić information content (AvgIpc) is 2.08. The molecule has 0 spiro atoms. The number of phenolic OH excluding ortho intramolecular Hbond substituents is 1. The van der Waals surface area contributed by atoms with E-state index in [9.17, 15) is 9.90 Å². The first-order valence-electron chi connectivity index (χ1n) is 3.68. The van der Waals surface area contributed by atoms with Crippen molar-refractivity contribution < 1.29 is 9.90 Å². The lowest BCUT2D eigenvalue weighted by atomic mass is 10.1. The van der Waals surface area contributed by atoms with E-state index in [1.165, 1.54) is 0 Å². The summed E-state index contributed by atoms with van der Waals surface area (Å²) >= 11 is 0. The summed E-state index contributed by atoms with van der Waals surface area (Å²) in [5.41, 5.74) is 6.15. The van der Waals surface area contributed by atoms with Crippen molar-refractivity contribution in [3.05, 3.63) is 29.3 Å². The van der Waals surface area contributed by atoms with E-state index in [0.717, 1.165) is 0 Å². The van der Waals surface area contributed by atoms with Gasteiger partial charge < -0.3 is 10.8 Å². The van der Waals surface area contributed by atoms with Crippen LogP contribution in [0.4, 0.5) is 0 Å². The minimum absolute atomic E-state index is 0.0351. The van der Waals surface area contributed by atoms with Crippen molar-refractivity contribution in [3.8, 4) is 5.75 Å². The van der Waals surface area contributed by atoms with Gasteiger partial charge in [-0.05, 0) is 18.6 Å². The lowest BCUT2D eigenvalue weighted by Crippen LogP contribution is -2.13. The number of hydrogen-bond acceptors (Lipinski definition) is 3. The fourth-order valence-electron chi connectivity index (χ4n) is 0.994. The number of para-hydroxylation sites is 1. The van der Waals surface area contributed by atoms with Gasteiger partial charge >= 0.3 is 0 Å². The first-order valence-corrected chi connectivity index (χ1v) is 3.68. The lowest BCUT2D eigenvalue weighted by Gasteiger charge is -2.03. The molecule has 0 aromatic heterocycles. The Morgan fingerprint density at radius 2 is 2.25 bits per heavy atom. The van der Waals surface area contributed by atoms with Gasteiger partial charge in [-0.15, -0.1) is 0 Å². The number of rotatable bonds is 2. The number of hydrogen-bond donors (Lipinski definition) is 2. The minimum Gasteiger partial charge on any atom is -0.507 e. The van der Waals surface area contributed by atoms with Crippen molar-refractivity contribution in [1.29, 1.82) is 0 Å². The lowest BCUT2D eigenvalue weighted by molar-refractivity contribution is 0.0998. The van der Waals surface area contributed by atoms with E-state index in [0.29, 0.717) is 11.1 Å². The number of carbonyl (C=O) groups excluding carboxylic acids is 1. The van der Waals surface area contributed by atoms with Gasteiger partial charge in [0.05, 0.1) is 12.1 Å². The first-order chi connectivity index (χ1) is 5.66. The second-order valence-corrected chi connectivity index (χ2v) is 2.60. The van der Waals surface area contributed by atoms with E-state index in [4.69, 9.17) is 5.73 Å². The predicted molar refractivity (Wildman–Crippen MR) is 46.2 cm³/mol. The van der Waals surface area contributed by atoms with Crippen LogP contribution in [0.15, 0.2) is 18.2 Å². The van der Waals surface area contributed by atoms with Gasteiger partial charge in [0.15, 0.2) is 5.78 Å². The van der Waals surface area contributed by atoms with E-state index >= 15 is 0 Å². The van der Waals surface area contributed by atoms with Crippen LogP contribution in [-0.2, 0) is 0 Å². The second-order valence-electron chi connectivity index (χ2n) is 2.60. The summed E-state index contributed by atoms with van der Waals surface area (Å²) in [6, 6.07) is 5.03. The van der Waals surface area contributed by atoms with Gasteiger partial charge in [-0.3, -0.25) is 4.79 Å². The molecule has 0 saturated carbocycles. The standard InChI is InChI=1S/C9H11NO2/c1-6-3-2-4-7(9(6)12)8(11)5-10/h2-4,12H,5,10H2,1H3.